The highest BCUT2D eigenvalue weighted by atomic mass is 35.5. The Bertz CT molecular complexity index is 427. The van der Waals surface area contributed by atoms with Crippen molar-refractivity contribution >= 4 is 17.4 Å². The molecule has 0 saturated heterocycles. The van der Waals surface area contributed by atoms with E-state index in [-0.39, 0.29) is 23.3 Å². The maximum atomic E-state index is 12.7. The van der Waals surface area contributed by atoms with Crippen molar-refractivity contribution in [2.75, 3.05) is 5.88 Å². The fourth-order valence-corrected chi connectivity index (χ4v) is 1.95. The van der Waals surface area contributed by atoms with E-state index in [4.69, 9.17) is 11.6 Å². The van der Waals surface area contributed by atoms with Crippen LogP contribution in [0.3, 0.4) is 0 Å². The van der Waals surface area contributed by atoms with Gasteiger partial charge in [-0.2, -0.15) is 13.2 Å². The van der Waals surface area contributed by atoms with Crippen LogP contribution in [0.1, 0.15) is 40.7 Å². The zero-order valence-electron chi connectivity index (χ0n) is 9.98. The van der Waals surface area contributed by atoms with E-state index < -0.39 is 11.7 Å². The van der Waals surface area contributed by atoms with Crippen molar-refractivity contribution < 1.29 is 18.0 Å². The van der Waals surface area contributed by atoms with Crippen LogP contribution in [-0.4, -0.2) is 11.7 Å². The summed E-state index contributed by atoms with van der Waals surface area (Å²) in [5.74, 6) is 0.193. The molecule has 0 atom stereocenters. The molecule has 0 unspecified atom stereocenters. The second-order valence-electron chi connectivity index (χ2n) is 4.05. The number of unbranched alkanes of at least 4 members (excludes halogenated alkanes) is 1. The number of carbonyl (C=O) groups excluding carboxylic acids is 1. The average Bonchev–Trinajstić information content (AvgIpc) is 2.28. The maximum absolute atomic E-state index is 12.7. The van der Waals surface area contributed by atoms with E-state index in [1.807, 2.05) is 0 Å². The first-order valence-corrected chi connectivity index (χ1v) is 6.17. The number of hydrogen-bond donors (Lipinski definition) is 0. The van der Waals surface area contributed by atoms with Gasteiger partial charge in [0.15, 0.2) is 5.78 Å². The highest BCUT2D eigenvalue weighted by Crippen LogP contribution is 2.33. The third-order valence-corrected chi connectivity index (χ3v) is 2.99. The Hall–Kier alpha value is -1.03. The first kappa shape index (κ1) is 15.0. The van der Waals surface area contributed by atoms with Gasteiger partial charge in [-0.25, -0.2) is 0 Å². The highest BCUT2D eigenvalue weighted by Gasteiger charge is 2.33. The van der Waals surface area contributed by atoms with Crippen LogP contribution in [0.5, 0.6) is 0 Å². The topological polar surface area (TPSA) is 17.1 Å². The average molecular weight is 279 g/mol. The summed E-state index contributed by atoms with van der Waals surface area (Å²) in [5, 5.41) is 0. The summed E-state index contributed by atoms with van der Waals surface area (Å²) in [5.41, 5.74) is -0.592. The molecule has 1 aromatic rings. The molecule has 1 rings (SSSR count). The fraction of sp³-hybridized carbons (Fsp3) is 0.462. The summed E-state index contributed by atoms with van der Waals surface area (Å²) in [6.07, 6.45) is -2.91. The molecule has 1 nitrogen and oxygen atoms in total. The molecule has 5 heteroatoms. The molecule has 0 saturated carbocycles. The van der Waals surface area contributed by atoms with Crippen LogP contribution in [0, 0.1) is 6.92 Å². The van der Waals surface area contributed by atoms with Crippen molar-refractivity contribution in [2.24, 2.45) is 0 Å². The van der Waals surface area contributed by atoms with E-state index in [9.17, 15) is 18.0 Å². The van der Waals surface area contributed by atoms with Gasteiger partial charge in [0.2, 0.25) is 0 Å². The van der Waals surface area contributed by atoms with Gasteiger partial charge in [0.05, 0.1) is 5.56 Å². The van der Waals surface area contributed by atoms with Crippen LogP contribution in [0.15, 0.2) is 18.2 Å². The molecular weight excluding hydrogens is 265 g/mol. The van der Waals surface area contributed by atoms with Gasteiger partial charge >= 0.3 is 6.18 Å². The number of halogens is 4. The summed E-state index contributed by atoms with van der Waals surface area (Å²) in [4.78, 5) is 11.8. The smallest absolute Gasteiger partial charge is 0.294 e. The predicted molar refractivity (Wildman–Crippen MR) is 65.1 cm³/mol. The molecule has 0 N–H and O–H groups in total. The lowest BCUT2D eigenvalue weighted by Gasteiger charge is -2.13. The number of ketones is 1. The Balaban J connectivity index is 2.93. The molecule has 1 aromatic carbocycles. The number of hydrogen-bond acceptors (Lipinski definition) is 1. The Morgan fingerprint density at radius 1 is 1.28 bits per heavy atom. The molecule has 18 heavy (non-hydrogen) atoms. The van der Waals surface area contributed by atoms with Gasteiger partial charge < -0.3 is 0 Å². The molecule has 0 fully saturated rings. The van der Waals surface area contributed by atoms with Gasteiger partial charge in [-0.3, -0.25) is 4.79 Å². The van der Waals surface area contributed by atoms with E-state index >= 15 is 0 Å². The third-order valence-electron chi connectivity index (χ3n) is 2.73. The fourth-order valence-electron chi connectivity index (χ4n) is 1.76. The molecule has 100 valence electrons. The van der Waals surface area contributed by atoms with Crippen molar-refractivity contribution in [1.82, 2.24) is 0 Å². The molecule has 0 aliphatic rings. The largest absolute Gasteiger partial charge is 0.416 e. The van der Waals surface area contributed by atoms with E-state index in [1.165, 1.54) is 19.1 Å². The van der Waals surface area contributed by atoms with E-state index in [0.717, 1.165) is 6.07 Å². The van der Waals surface area contributed by atoms with Crippen LogP contribution in [0.2, 0.25) is 0 Å². The zero-order chi connectivity index (χ0) is 13.8. The number of carbonyl (C=O) groups is 1. The standard InChI is InChI=1S/C13H14ClF3O/c1-9-10(12(18)7-2-3-8-14)5-4-6-11(9)13(15,16)17/h4-6H,2-3,7-8H2,1H3. The van der Waals surface area contributed by atoms with E-state index in [1.54, 1.807) is 0 Å². The number of alkyl halides is 4. The zero-order valence-corrected chi connectivity index (χ0v) is 10.7. The van der Waals surface area contributed by atoms with Crippen LogP contribution >= 0.6 is 11.6 Å². The normalized spacial score (nSPS) is 11.6. The van der Waals surface area contributed by atoms with E-state index in [0.29, 0.717) is 18.7 Å². The van der Waals surface area contributed by atoms with Crippen molar-refractivity contribution in [3.63, 3.8) is 0 Å². The van der Waals surface area contributed by atoms with Crippen LogP contribution in [0.25, 0.3) is 0 Å². The number of benzene rings is 1. The van der Waals surface area contributed by atoms with E-state index in [2.05, 4.69) is 0 Å². The van der Waals surface area contributed by atoms with Crippen LogP contribution in [-0.2, 0) is 6.18 Å². The summed E-state index contributed by atoms with van der Waals surface area (Å²) in [6, 6.07) is 3.70. The predicted octanol–water partition coefficient (Wildman–Crippen LogP) is 4.61. The Morgan fingerprint density at radius 3 is 2.50 bits per heavy atom. The van der Waals surface area contributed by atoms with Crippen molar-refractivity contribution in [3.05, 3.63) is 34.9 Å². The van der Waals surface area contributed by atoms with Crippen LogP contribution < -0.4 is 0 Å². The lowest BCUT2D eigenvalue weighted by molar-refractivity contribution is -0.138. The minimum Gasteiger partial charge on any atom is -0.294 e. The lowest BCUT2D eigenvalue weighted by Crippen LogP contribution is -2.11. The molecule has 0 bridgehead atoms. The summed E-state index contributed by atoms with van der Waals surface area (Å²) >= 11 is 5.49. The quantitative estimate of drug-likeness (QED) is 0.437. The Kier molecular flexibility index (Phi) is 5.20. The van der Waals surface area contributed by atoms with Gasteiger partial charge in [0, 0.05) is 17.9 Å². The minimum atomic E-state index is -4.42. The van der Waals surface area contributed by atoms with Crippen LogP contribution in [0.4, 0.5) is 13.2 Å². The van der Waals surface area contributed by atoms with Gasteiger partial charge in [-0.15, -0.1) is 11.6 Å². The van der Waals surface area contributed by atoms with Gasteiger partial charge in [0.25, 0.3) is 0 Å². The van der Waals surface area contributed by atoms with Crippen molar-refractivity contribution in [1.29, 1.82) is 0 Å². The Morgan fingerprint density at radius 2 is 1.94 bits per heavy atom. The molecule has 0 aromatic heterocycles. The van der Waals surface area contributed by atoms with Crippen molar-refractivity contribution in [2.45, 2.75) is 32.4 Å². The molecule has 0 aliphatic heterocycles. The SMILES string of the molecule is Cc1c(C(=O)CCCCCl)cccc1C(F)(F)F. The molecule has 0 radical (unpaired) electrons. The summed E-state index contributed by atoms with van der Waals surface area (Å²) < 4.78 is 38.0. The van der Waals surface area contributed by atoms with Crippen molar-refractivity contribution in [3.8, 4) is 0 Å². The molecule has 0 aliphatic carbocycles. The monoisotopic (exact) mass is 278 g/mol. The second-order valence-corrected chi connectivity index (χ2v) is 4.42. The molecule has 0 heterocycles. The molecule has 0 amide bonds. The number of Topliss-reactive ketones (excluding diaryl/α,β-unsaturated/α-hetero) is 1. The Labute approximate surface area is 109 Å². The first-order valence-electron chi connectivity index (χ1n) is 5.64. The third kappa shape index (κ3) is 3.73. The highest BCUT2D eigenvalue weighted by molar-refractivity contribution is 6.17. The molecular formula is C13H14ClF3O. The molecule has 0 spiro atoms. The second kappa shape index (κ2) is 6.23. The number of rotatable bonds is 5. The van der Waals surface area contributed by atoms with Gasteiger partial charge in [-0.1, -0.05) is 12.1 Å². The maximum Gasteiger partial charge on any atom is 0.416 e. The summed E-state index contributed by atoms with van der Waals surface area (Å²) in [6.45, 7) is 1.33. The first-order chi connectivity index (χ1) is 8.38. The summed E-state index contributed by atoms with van der Waals surface area (Å²) in [7, 11) is 0. The minimum absolute atomic E-state index is 0.000809. The lowest BCUT2D eigenvalue weighted by atomic mass is 9.96. The van der Waals surface area contributed by atoms with Gasteiger partial charge in [-0.05, 0) is 31.4 Å². The van der Waals surface area contributed by atoms with Gasteiger partial charge in [0.1, 0.15) is 0 Å².